The lowest BCUT2D eigenvalue weighted by Gasteiger charge is -2.52. The molecule has 12 rings (SSSR count). The van der Waals surface area contributed by atoms with Crippen molar-refractivity contribution in [3.63, 3.8) is 0 Å². The third kappa shape index (κ3) is 20.9. The third-order valence-electron chi connectivity index (χ3n) is 19.4. The second-order valence-corrected chi connectivity index (χ2v) is 28.8. The van der Waals surface area contributed by atoms with Gasteiger partial charge in [-0.25, -0.2) is 0 Å². The number of rotatable bonds is 35. The van der Waals surface area contributed by atoms with Crippen molar-refractivity contribution >= 4 is 42.6 Å². The molecule has 19 nitrogen and oxygen atoms in total. The number of ether oxygens (including phenoxy) is 16. The number of alkyl halides is 2. The summed E-state index contributed by atoms with van der Waals surface area (Å²) in [5.41, 5.74) is 16.6. The van der Waals surface area contributed by atoms with Crippen molar-refractivity contribution in [3.05, 3.63) is 274 Å². The van der Waals surface area contributed by atoms with Crippen LogP contribution in [0.15, 0.2) is 230 Å². The quantitative estimate of drug-likeness (QED) is 0.0119. The Morgan fingerprint density at radius 3 is 1.13 bits per heavy atom. The van der Waals surface area contributed by atoms with E-state index in [0.717, 1.165) is 61.5 Å². The number of fused-ring (bicyclic) bond motifs is 1. The number of benzene rings is 8. The van der Waals surface area contributed by atoms with Gasteiger partial charge in [-0.1, -0.05) is 255 Å². The van der Waals surface area contributed by atoms with Crippen LogP contribution in [0.1, 0.15) is 79.5 Å². The molecule has 0 radical (unpaired) electrons. The summed E-state index contributed by atoms with van der Waals surface area (Å²) in [5, 5.41) is 7.21. The largest absolute Gasteiger partial charge is 0.373 e. The predicted octanol–water partition coefficient (Wildman–Crippen LogP) is 16.0. The number of hydrogen-bond acceptors (Lipinski definition) is 17. The summed E-state index contributed by atoms with van der Waals surface area (Å²) in [4.78, 5) is 3.52. The standard InChI is InChI=1S/C83H95Br2N3O16/c1-54-68(87-88-86)72(94-53-64-42-43-65-39-24-25-40-66(65)45-64)76(89-5)81(98-54)102-74-70(92-48-59-29-14-7-15-30-59)56(3)100-82(77(74)96-51-62-35-20-10-21-36-62)103-75-71(93-49-60-31-16-8-17-32-60)57(4)101-83(78(75)97-52-63-37-22-11-23-38-63)104-79-73(95-50-61-33-18-9-19-34-61)69(91-47-58-27-12-6-13-28-58)55(2)99-80(79)90-44-26-41-67(85)46-84/h6-25,27-40,42-43,45,54-57,67-83H,26,41,44,46-53H2,1-5H3/t54-,55+,56+,57+,67?,68-,69+,70+,71+,72+,73-,74-,75-,76-,77-,78-,79-,80-,81+,82+,83+/m1/s1. The highest BCUT2D eigenvalue weighted by Crippen LogP contribution is 2.41. The highest BCUT2D eigenvalue weighted by molar-refractivity contribution is 9.12. The molecule has 4 aliphatic heterocycles. The molecule has 4 heterocycles. The van der Waals surface area contributed by atoms with Crippen LogP contribution in [0.25, 0.3) is 21.2 Å². The van der Waals surface area contributed by atoms with Gasteiger partial charge in [0.15, 0.2) is 25.2 Å². The van der Waals surface area contributed by atoms with E-state index >= 15 is 0 Å². The van der Waals surface area contributed by atoms with Crippen LogP contribution in [0.4, 0.5) is 0 Å². The van der Waals surface area contributed by atoms with E-state index in [1.165, 1.54) is 0 Å². The van der Waals surface area contributed by atoms with Crippen LogP contribution in [0.3, 0.4) is 0 Å². The molecule has 4 aliphatic rings. The molecule has 0 N–H and O–H groups in total. The Hall–Kier alpha value is -6.35. The summed E-state index contributed by atoms with van der Waals surface area (Å²) in [5.74, 6) is 0. The summed E-state index contributed by atoms with van der Waals surface area (Å²) in [6.45, 7) is 9.22. The van der Waals surface area contributed by atoms with Gasteiger partial charge in [0.05, 0.1) is 76.7 Å². The minimum absolute atomic E-state index is 0.0873. The van der Waals surface area contributed by atoms with Crippen molar-refractivity contribution < 1.29 is 75.8 Å². The Balaban J connectivity index is 0.946. The zero-order valence-corrected chi connectivity index (χ0v) is 62.6. The molecular formula is C83H95Br2N3O16. The minimum atomic E-state index is -1.28. The zero-order valence-electron chi connectivity index (χ0n) is 59.4. The third-order valence-corrected chi connectivity index (χ3v) is 21.8. The maximum atomic E-state index is 10.1. The van der Waals surface area contributed by atoms with Crippen LogP contribution in [-0.2, 0) is 122 Å². The molecule has 8 aromatic carbocycles. The number of halogens is 2. The molecule has 21 atom stereocenters. The van der Waals surface area contributed by atoms with E-state index in [2.05, 4.69) is 66.2 Å². The molecule has 8 aromatic rings. The van der Waals surface area contributed by atoms with Gasteiger partial charge in [-0.05, 0) is 102 Å². The fourth-order valence-electron chi connectivity index (χ4n) is 13.9. The molecule has 0 bridgehead atoms. The van der Waals surface area contributed by atoms with E-state index in [0.29, 0.717) is 13.0 Å². The van der Waals surface area contributed by atoms with E-state index in [4.69, 9.17) is 75.8 Å². The first-order valence-electron chi connectivity index (χ1n) is 36.0. The number of hydrogen-bond donors (Lipinski definition) is 0. The molecule has 1 unspecified atom stereocenters. The van der Waals surface area contributed by atoms with Crippen LogP contribution in [-0.4, -0.2) is 147 Å². The molecule has 0 spiro atoms. The van der Waals surface area contributed by atoms with Crippen LogP contribution >= 0.6 is 31.9 Å². The summed E-state index contributed by atoms with van der Waals surface area (Å²) >= 11 is 7.43. The van der Waals surface area contributed by atoms with Crippen molar-refractivity contribution in [2.24, 2.45) is 5.11 Å². The van der Waals surface area contributed by atoms with E-state index in [9.17, 15) is 5.53 Å². The SMILES string of the molecule is CO[C@H]1[C@H](O[C@@H]2[C@@H](OCc3ccccc3)[C@H](C)O[C@@H](O[C@@H]3[C@@H](OCc4ccccc4)[C@H](C)O[C@@H](O[C@H]4[C@H](OCCCC(Br)CBr)O[C@@H](C)[C@H](OCc5ccccc5)[C@H]4OCc4ccccc4)[C@@H]3OCc3ccccc3)[C@@H]2OCc2ccccc2)O[C@H](C)[C@@H](N=[N+]=[N-])[C@@H]1OCc1ccc2ccccc2c1. The van der Waals surface area contributed by atoms with Crippen LogP contribution in [0, 0.1) is 0 Å². The number of nitrogens with zero attached hydrogens (tertiary/aromatic N) is 3. The second kappa shape index (κ2) is 39.5. The predicted molar refractivity (Wildman–Crippen MR) is 400 cm³/mol. The van der Waals surface area contributed by atoms with Gasteiger partial charge >= 0.3 is 0 Å². The topological polar surface area (TPSA) is 196 Å². The average molecular weight is 1550 g/mol. The first-order valence-corrected chi connectivity index (χ1v) is 38.0. The molecule has 4 fully saturated rings. The van der Waals surface area contributed by atoms with Gasteiger partial charge in [0.2, 0.25) is 0 Å². The van der Waals surface area contributed by atoms with Gasteiger partial charge in [-0.3, -0.25) is 0 Å². The van der Waals surface area contributed by atoms with Gasteiger partial charge in [-0.15, -0.1) is 0 Å². The fraction of sp³-hybridized carbons (Fsp3) is 0.446. The highest BCUT2D eigenvalue weighted by Gasteiger charge is 2.58. The van der Waals surface area contributed by atoms with Gasteiger partial charge in [0.25, 0.3) is 0 Å². The molecule has 0 amide bonds. The lowest BCUT2D eigenvalue weighted by Crippen LogP contribution is -2.67. The zero-order chi connectivity index (χ0) is 72.0. The average Bonchev–Trinajstić information content (AvgIpc) is 0.762. The Kier molecular flexibility index (Phi) is 29.3. The molecule has 0 aliphatic carbocycles. The highest BCUT2D eigenvalue weighted by atomic mass is 79.9. The number of azide groups is 1. The molecule has 4 saturated heterocycles. The smallest absolute Gasteiger partial charge is 0.187 e. The molecule has 0 saturated carbocycles. The van der Waals surface area contributed by atoms with Gasteiger partial charge in [0.1, 0.15) is 67.1 Å². The van der Waals surface area contributed by atoms with Crippen molar-refractivity contribution in [2.75, 3.05) is 19.0 Å². The first kappa shape index (κ1) is 77.3. The summed E-state index contributed by atoms with van der Waals surface area (Å²) in [6.07, 6.45) is -16.3. The Morgan fingerprint density at radius 2 is 0.712 bits per heavy atom. The molecule has 0 aromatic heterocycles. The van der Waals surface area contributed by atoms with Gasteiger partial charge in [0, 0.05) is 28.8 Å². The van der Waals surface area contributed by atoms with Gasteiger partial charge in [-0.2, -0.15) is 0 Å². The van der Waals surface area contributed by atoms with Crippen molar-refractivity contribution in [2.45, 2.75) is 214 Å². The summed E-state index contributed by atoms with van der Waals surface area (Å²) in [7, 11) is 1.57. The van der Waals surface area contributed by atoms with E-state index in [1.807, 2.05) is 228 Å². The van der Waals surface area contributed by atoms with Crippen LogP contribution in [0.2, 0.25) is 0 Å². The fourth-order valence-corrected chi connectivity index (χ4v) is 14.5. The summed E-state index contributed by atoms with van der Waals surface area (Å²) < 4.78 is 115. The lowest BCUT2D eigenvalue weighted by molar-refractivity contribution is -0.400. The Bertz CT molecular complexity index is 3850. The minimum Gasteiger partial charge on any atom is -0.373 e. The van der Waals surface area contributed by atoms with Crippen molar-refractivity contribution in [1.29, 1.82) is 0 Å². The maximum Gasteiger partial charge on any atom is 0.187 e. The monoisotopic (exact) mass is 1550 g/mol. The van der Waals surface area contributed by atoms with Crippen molar-refractivity contribution in [3.8, 4) is 0 Å². The molecule has 104 heavy (non-hydrogen) atoms. The van der Waals surface area contributed by atoms with Crippen molar-refractivity contribution in [1.82, 2.24) is 0 Å². The first-order chi connectivity index (χ1) is 51.0. The Morgan fingerprint density at radius 1 is 0.365 bits per heavy atom. The lowest BCUT2D eigenvalue weighted by atomic mass is 9.95. The molecule has 21 heteroatoms. The normalized spacial score (nSPS) is 29.6. The van der Waals surface area contributed by atoms with E-state index in [1.54, 1.807) is 7.11 Å². The maximum absolute atomic E-state index is 10.1. The molecular weight excluding hydrogens is 1450 g/mol. The van der Waals surface area contributed by atoms with Crippen LogP contribution in [0.5, 0.6) is 0 Å². The Labute approximate surface area is 627 Å². The second-order valence-electron chi connectivity index (χ2n) is 26.8. The summed E-state index contributed by atoms with van der Waals surface area (Å²) in [6, 6.07) is 73.2. The number of methoxy groups -OCH3 is 1. The molecule has 552 valence electrons. The van der Waals surface area contributed by atoms with Gasteiger partial charge < -0.3 is 75.8 Å². The van der Waals surface area contributed by atoms with Crippen LogP contribution < -0.4 is 0 Å². The van der Waals surface area contributed by atoms with E-state index in [-0.39, 0.29) is 51.1 Å². The van der Waals surface area contributed by atoms with E-state index < -0.39 is 123 Å².